The van der Waals surface area contributed by atoms with Gasteiger partial charge in [-0.15, -0.1) is 0 Å². The van der Waals surface area contributed by atoms with E-state index in [0.29, 0.717) is 17.8 Å². The van der Waals surface area contributed by atoms with Crippen LogP contribution >= 0.6 is 0 Å². The van der Waals surface area contributed by atoms with Crippen LogP contribution in [0.5, 0.6) is 0 Å². The van der Waals surface area contributed by atoms with Gasteiger partial charge in [-0.25, -0.2) is 4.39 Å². The van der Waals surface area contributed by atoms with Crippen LogP contribution in [-0.4, -0.2) is 6.54 Å². The maximum Gasteiger partial charge on any atom is 0.128 e. The summed E-state index contributed by atoms with van der Waals surface area (Å²) in [6.45, 7) is 2.18. The van der Waals surface area contributed by atoms with Crippen molar-refractivity contribution in [2.24, 2.45) is 0 Å². The Morgan fingerprint density at radius 2 is 1.95 bits per heavy atom. The summed E-state index contributed by atoms with van der Waals surface area (Å²) in [4.78, 5) is 0. The Labute approximate surface area is 112 Å². The van der Waals surface area contributed by atoms with Crippen LogP contribution < -0.4 is 5.32 Å². The van der Waals surface area contributed by atoms with Crippen molar-refractivity contribution in [2.75, 3.05) is 11.9 Å². The number of rotatable bonds is 4. The van der Waals surface area contributed by atoms with Crippen LogP contribution in [0.25, 0.3) is 0 Å². The number of aryl methyl sites for hydroxylation is 1. The van der Waals surface area contributed by atoms with Gasteiger partial charge < -0.3 is 5.32 Å². The fourth-order valence-corrected chi connectivity index (χ4v) is 1.85. The number of nitriles is 1. The average molecular weight is 254 g/mol. The van der Waals surface area contributed by atoms with E-state index in [0.717, 1.165) is 5.56 Å². The molecule has 0 saturated heterocycles. The first kappa shape index (κ1) is 13.1. The molecule has 96 valence electrons. The molecule has 0 fully saturated rings. The van der Waals surface area contributed by atoms with Gasteiger partial charge in [0.05, 0.1) is 12.0 Å². The van der Waals surface area contributed by atoms with E-state index in [1.165, 1.54) is 6.07 Å². The van der Waals surface area contributed by atoms with Gasteiger partial charge in [-0.3, -0.25) is 0 Å². The third-order valence-electron chi connectivity index (χ3n) is 3.04. The van der Waals surface area contributed by atoms with Crippen LogP contribution in [0.3, 0.4) is 0 Å². The molecule has 2 aromatic rings. The lowest BCUT2D eigenvalue weighted by Gasteiger charge is -2.12. The molecule has 0 heterocycles. The molecule has 3 heteroatoms. The molecule has 0 radical (unpaired) electrons. The molecule has 19 heavy (non-hydrogen) atoms. The third kappa shape index (κ3) is 3.32. The van der Waals surface area contributed by atoms with Crippen molar-refractivity contribution < 1.29 is 4.39 Å². The zero-order valence-corrected chi connectivity index (χ0v) is 10.7. The van der Waals surface area contributed by atoms with E-state index in [9.17, 15) is 9.65 Å². The normalized spacial score (nSPS) is 11.6. The summed E-state index contributed by atoms with van der Waals surface area (Å²) in [5.74, 6) is -0.483. The van der Waals surface area contributed by atoms with Gasteiger partial charge in [0.15, 0.2) is 0 Å². The second-order valence-electron chi connectivity index (χ2n) is 4.44. The number of benzene rings is 2. The fraction of sp³-hybridized carbons (Fsp3) is 0.188. The zero-order chi connectivity index (χ0) is 13.7. The van der Waals surface area contributed by atoms with Gasteiger partial charge in [0.2, 0.25) is 0 Å². The molecule has 2 aromatic carbocycles. The lowest BCUT2D eigenvalue weighted by atomic mass is 10.0. The first-order chi connectivity index (χ1) is 9.20. The summed E-state index contributed by atoms with van der Waals surface area (Å²) in [5, 5.41) is 12.3. The first-order valence-electron chi connectivity index (χ1n) is 6.15. The topological polar surface area (TPSA) is 35.8 Å². The highest BCUT2D eigenvalue weighted by molar-refractivity contribution is 5.46. The maximum atomic E-state index is 13.4. The van der Waals surface area contributed by atoms with Crippen molar-refractivity contribution in [3.05, 3.63) is 65.5 Å². The van der Waals surface area contributed by atoms with Crippen molar-refractivity contribution in [2.45, 2.75) is 12.8 Å². The van der Waals surface area contributed by atoms with Gasteiger partial charge in [0.1, 0.15) is 5.82 Å². The SMILES string of the molecule is Cc1ccc(NCC(C#N)c2ccccc2)cc1F. The van der Waals surface area contributed by atoms with Crippen molar-refractivity contribution in [1.82, 2.24) is 0 Å². The monoisotopic (exact) mass is 254 g/mol. The minimum Gasteiger partial charge on any atom is -0.383 e. The van der Waals surface area contributed by atoms with Crippen molar-refractivity contribution >= 4 is 5.69 Å². The molecule has 0 aromatic heterocycles. The Bertz CT molecular complexity index is 587. The second-order valence-corrected chi connectivity index (χ2v) is 4.44. The standard InChI is InChI=1S/C16H15FN2/c1-12-7-8-15(9-16(12)17)19-11-14(10-18)13-5-3-2-4-6-13/h2-9,14,19H,11H2,1H3. The number of halogens is 1. The molecule has 0 aliphatic rings. The van der Waals surface area contributed by atoms with E-state index in [4.69, 9.17) is 0 Å². The predicted octanol–water partition coefficient (Wildman–Crippen LogP) is 3.85. The molecule has 1 atom stereocenters. The Morgan fingerprint density at radius 3 is 2.58 bits per heavy atom. The van der Waals surface area contributed by atoms with Gasteiger partial charge in [-0.2, -0.15) is 5.26 Å². The molecule has 2 nitrogen and oxygen atoms in total. The molecule has 2 rings (SSSR count). The van der Waals surface area contributed by atoms with Crippen molar-refractivity contribution in [3.8, 4) is 6.07 Å². The maximum absolute atomic E-state index is 13.4. The van der Waals surface area contributed by atoms with Crippen LogP contribution in [0.2, 0.25) is 0 Å². The van der Waals surface area contributed by atoms with Crippen LogP contribution in [-0.2, 0) is 0 Å². The van der Waals surface area contributed by atoms with Crippen molar-refractivity contribution in [1.29, 1.82) is 5.26 Å². The van der Waals surface area contributed by atoms with E-state index in [2.05, 4.69) is 11.4 Å². The zero-order valence-electron chi connectivity index (χ0n) is 10.7. The minimum atomic E-state index is -0.245. The minimum absolute atomic E-state index is 0.238. The number of hydrogen-bond acceptors (Lipinski definition) is 2. The summed E-state index contributed by atoms with van der Waals surface area (Å²) < 4.78 is 13.4. The lowest BCUT2D eigenvalue weighted by molar-refractivity contribution is 0.619. The highest BCUT2D eigenvalue weighted by Crippen LogP contribution is 2.18. The van der Waals surface area contributed by atoms with Crippen molar-refractivity contribution in [3.63, 3.8) is 0 Å². The van der Waals surface area contributed by atoms with Crippen LogP contribution in [0.1, 0.15) is 17.0 Å². The first-order valence-corrected chi connectivity index (χ1v) is 6.15. The largest absolute Gasteiger partial charge is 0.383 e. The van der Waals surface area contributed by atoms with Gasteiger partial charge in [0, 0.05) is 12.2 Å². The van der Waals surface area contributed by atoms with Gasteiger partial charge in [-0.1, -0.05) is 36.4 Å². The number of nitrogens with zero attached hydrogens (tertiary/aromatic N) is 1. The molecule has 1 unspecified atom stereocenters. The summed E-state index contributed by atoms with van der Waals surface area (Å²) in [6, 6.07) is 16.8. The van der Waals surface area contributed by atoms with Gasteiger partial charge in [0.25, 0.3) is 0 Å². The summed E-state index contributed by atoms with van der Waals surface area (Å²) in [6.07, 6.45) is 0. The van der Waals surface area contributed by atoms with E-state index in [1.807, 2.05) is 36.4 Å². The van der Waals surface area contributed by atoms with Crippen LogP contribution in [0.15, 0.2) is 48.5 Å². The molecule has 0 aliphatic heterocycles. The molecule has 0 bridgehead atoms. The third-order valence-corrected chi connectivity index (χ3v) is 3.04. The average Bonchev–Trinajstić information content (AvgIpc) is 2.44. The Hall–Kier alpha value is -2.34. The Balaban J connectivity index is 2.05. The number of hydrogen-bond donors (Lipinski definition) is 1. The molecular formula is C16H15FN2. The van der Waals surface area contributed by atoms with E-state index < -0.39 is 0 Å². The van der Waals surface area contributed by atoms with E-state index in [1.54, 1.807) is 13.0 Å². The van der Waals surface area contributed by atoms with E-state index >= 15 is 0 Å². The summed E-state index contributed by atoms with van der Waals surface area (Å²) in [5.41, 5.74) is 2.27. The summed E-state index contributed by atoms with van der Waals surface area (Å²) in [7, 11) is 0. The Kier molecular flexibility index (Phi) is 4.15. The lowest BCUT2D eigenvalue weighted by Crippen LogP contribution is -2.11. The number of nitrogens with one attached hydrogen (secondary N) is 1. The Morgan fingerprint density at radius 1 is 1.21 bits per heavy atom. The highest BCUT2D eigenvalue weighted by atomic mass is 19.1. The smallest absolute Gasteiger partial charge is 0.128 e. The fourth-order valence-electron chi connectivity index (χ4n) is 1.85. The highest BCUT2D eigenvalue weighted by Gasteiger charge is 2.09. The molecular weight excluding hydrogens is 239 g/mol. The molecule has 0 aliphatic carbocycles. The van der Waals surface area contributed by atoms with Gasteiger partial charge >= 0.3 is 0 Å². The summed E-state index contributed by atoms with van der Waals surface area (Å²) >= 11 is 0. The second kappa shape index (κ2) is 6.01. The molecule has 0 amide bonds. The van der Waals surface area contributed by atoms with Gasteiger partial charge in [-0.05, 0) is 30.2 Å². The predicted molar refractivity (Wildman–Crippen MR) is 74.4 cm³/mol. The quantitative estimate of drug-likeness (QED) is 0.899. The molecule has 0 saturated carbocycles. The van der Waals surface area contributed by atoms with E-state index in [-0.39, 0.29) is 11.7 Å². The number of anilines is 1. The van der Waals surface area contributed by atoms with Crippen LogP contribution in [0.4, 0.5) is 10.1 Å². The molecule has 1 N–H and O–H groups in total. The van der Waals surface area contributed by atoms with Crippen LogP contribution in [0, 0.1) is 24.1 Å². The molecule has 0 spiro atoms.